The number of methoxy groups -OCH3 is 2. The Morgan fingerprint density at radius 1 is 0.762 bits per heavy atom. The number of thioether (sulfide) groups is 1. The minimum Gasteiger partial charge on any atom is -0.497 e. The molecule has 0 aliphatic carbocycles. The van der Waals surface area contributed by atoms with Gasteiger partial charge in [-0.3, -0.25) is 0 Å². The largest absolute Gasteiger partial charge is 0.497 e. The van der Waals surface area contributed by atoms with Crippen molar-refractivity contribution in [3.63, 3.8) is 0 Å². The van der Waals surface area contributed by atoms with E-state index in [1.54, 1.807) is 79.7 Å². The zero-order valence-electron chi connectivity index (χ0n) is 22.8. The van der Waals surface area contributed by atoms with E-state index >= 15 is 4.57 Å². The predicted octanol–water partition coefficient (Wildman–Crippen LogP) is 7.51. The maximum atomic E-state index is 15.5. The summed E-state index contributed by atoms with van der Waals surface area (Å²) in [6.07, 6.45) is -4.50. The summed E-state index contributed by atoms with van der Waals surface area (Å²) in [5.74, 6) is 0.304. The van der Waals surface area contributed by atoms with Gasteiger partial charge in [-0.1, -0.05) is 42.1 Å². The molecule has 216 valence electrons. The average Bonchev–Trinajstić information content (AvgIpc) is 3.27. The summed E-state index contributed by atoms with van der Waals surface area (Å²) >= 11 is 1.06. The van der Waals surface area contributed by atoms with Crippen LogP contribution in [-0.4, -0.2) is 20.2 Å². The molecule has 1 atom stereocenters. The molecule has 10 heteroatoms. The molecule has 0 aromatic heterocycles. The molecule has 5 rings (SSSR count). The molecule has 1 unspecified atom stereocenters. The summed E-state index contributed by atoms with van der Waals surface area (Å²) in [4.78, 5) is 14.7. The van der Waals surface area contributed by atoms with Gasteiger partial charge in [0, 0.05) is 21.1 Å². The van der Waals surface area contributed by atoms with Crippen LogP contribution in [0.2, 0.25) is 0 Å². The van der Waals surface area contributed by atoms with Crippen LogP contribution in [0.1, 0.15) is 18.1 Å². The minimum absolute atomic E-state index is 0.0471. The summed E-state index contributed by atoms with van der Waals surface area (Å²) in [6.45, 7) is 1.70. The fourth-order valence-corrected chi connectivity index (χ4v) is 9.10. The third-order valence-electron chi connectivity index (χ3n) is 7.05. The smallest absolute Gasteiger partial charge is 0.416 e. The van der Waals surface area contributed by atoms with Crippen LogP contribution in [0.5, 0.6) is 11.5 Å². The third kappa shape index (κ3) is 5.35. The highest BCUT2D eigenvalue weighted by Gasteiger charge is 2.53. The third-order valence-corrected chi connectivity index (χ3v) is 11.6. The van der Waals surface area contributed by atoms with Crippen LogP contribution >= 0.6 is 18.9 Å². The fraction of sp³-hybridized carbons (Fsp3) is 0.156. The number of carbonyl (C=O) groups excluding carboxylic acids is 1. The molecule has 4 aromatic rings. The molecular formula is C32H26F3O5PS. The van der Waals surface area contributed by atoms with Crippen LogP contribution < -0.4 is 20.1 Å². The average molecular weight is 611 g/mol. The Morgan fingerprint density at radius 2 is 1.26 bits per heavy atom. The summed E-state index contributed by atoms with van der Waals surface area (Å²) in [5.41, 5.74) is -1.54. The van der Waals surface area contributed by atoms with Gasteiger partial charge in [-0.15, -0.1) is 0 Å². The quantitative estimate of drug-likeness (QED) is 0.152. The molecule has 0 saturated heterocycles. The number of rotatable bonds is 8. The Morgan fingerprint density at radius 3 is 1.71 bits per heavy atom. The monoisotopic (exact) mass is 610 g/mol. The molecular weight excluding hydrogens is 584 g/mol. The van der Waals surface area contributed by atoms with Gasteiger partial charge in [0.05, 0.1) is 24.7 Å². The molecule has 0 spiro atoms. The first-order chi connectivity index (χ1) is 20.0. The SMILES string of the molecule is COc1ccc(P(=O)(C2=C(Sc3ccc(C(F)(F)F)cc3)C(C)(c3ccccc3)OC2=O)c2ccc(OC)cc2)cc1. The van der Waals surface area contributed by atoms with E-state index in [0.717, 1.165) is 23.9 Å². The van der Waals surface area contributed by atoms with E-state index in [9.17, 15) is 18.0 Å². The Labute approximate surface area is 245 Å². The standard InChI is InChI=1S/C32H26F3O5PS/c1-31(21-7-5-4-6-8-21)29(42-27-19-9-22(10-20-27)32(33,34)35)28(30(36)40-31)41(37,25-15-11-23(38-2)12-16-25)26-17-13-24(39-3)14-18-26/h4-20H,1-3H3. The Balaban J connectivity index is 1.78. The number of esters is 1. The van der Waals surface area contributed by atoms with E-state index in [1.807, 2.05) is 6.07 Å². The van der Waals surface area contributed by atoms with Crippen molar-refractivity contribution in [2.75, 3.05) is 14.2 Å². The molecule has 0 fully saturated rings. The number of ether oxygens (including phenoxy) is 3. The molecule has 4 aromatic carbocycles. The van der Waals surface area contributed by atoms with Gasteiger partial charge in [0.1, 0.15) is 16.8 Å². The molecule has 42 heavy (non-hydrogen) atoms. The Kier molecular flexibility index (Phi) is 8.01. The predicted molar refractivity (Wildman–Crippen MR) is 157 cm³/mol. The lowest BCUT2D eigenvalue weighted by Crippen LogP contribution is -2.24. The van der Waals surface area contributed by atoms with Gasteiger partial charge in [0.2, 0.25) is 0 Å². The van der Waals surface area contributed by atoms with Crippen LogP contribution in [0.15, 0.2) is 118 Å². The molecule has 0 saturated carbocycles. The van der Waals surface area contributed by atoms with Gasteiger partial charge < -0.3 is 18.8 Å². The molecule has 0 bridgehead atoms. The molecule has 0 N–H and O–H groups in total. The molecule has 1 aliphatic rings. The van der Waals surface area contributed by atoms with E-state index in [2.05, 4.69) is 0 Å². The van der Waals surface area contributed by atoms with Crippen molar-refractivity contribution in [2.45, 2.75) is 23.6 Å². The highest BCUT2D eigenvalue weighted by atomic mass is 32.2. The number of cyclic esters (lactones) is 1. The molecule has 0 radical (unpaired) electrons. The van der Waals surface area contributed by atoms with Gasteiger partial charge in [-0.25, -0.2) is 4.79 Å². The van der Waals surface area contributed by atoms with Crippen molar-refractivity contribution in [3.05, 3.63) is 124 Å². The minimum atomic E-state index is -4.50. The van der Waals surface area contributed by atoms with Crippen molar-refractivity contribution in [1.82, 2.24) is 0 Å². The summed E-state index contributed by atoms with van der Waals surface area (Å²) in [7, 11) is -0.899. The van der Waals surface area contributed by atoms with Crippen LogP contribution in [0.3, 0.4) is 0 Å². The summed E-state index contributed by atoms with van der Waals surface area (Å²) in [6, 6.07) is 26.8. The van der Waals surface area contributed by atoms with Gasteiger partial charge in [0.15, 0.2) is 12.7 Å². The van der Waals surface area contributed by atoms with Gasteiger partial charge >= 0.3 is 12.1 Å². The van der Waals surface area contributed by atoms with E-state index in [1.165, 1.54) is 26.4 Å². The van der Waals surface area contributed by atoms with E-state index in [4.69, 9.17) is 14.2 Å². The fourth-order valence-electron chi connectivity index (χ4n) is 4.78. The van der Waals surface area contributed by atoms with E-state index < -0.39 is 30.5 Å². The highest BCUT2D eigenvalue weighted by molar-refractivity contribution is 8.04. The second-order valence-corrected chi connectivity index (χ2v) is 13.4. The number of carbonyl (C=O) groups is 1. The van der Waals surface area contributed by atoms with Crippen molar-refractivity contribution < 1.29 is 36.7 Å². The second-order valence-electron chi connectivity index (χ2n) is 9.60. The van der Waals surface area contributed by atoms with E-state index in [0.29, 0.717) is 37.5 Å². The maximum Gasteiger partial charge on any atom is 0.416 e. The van der Waals surface area contributed by atoms with Gasteiger partial charge in [-0.2, -0.15) is 13.2 Å². The number of halogens is 3. The number of alkyl halides is 3. The van der Waals surface area contributed by atoms with Crippen LogP contribution in [0, 0.1) is 0 Å². The number of hydrogen-bond acceptors (Lipinski definition) is 6. The molecule has 1 heterocycles. The highest BCUT2D eigenvalue weighted by Crippen LogP contribution is 2.62. The first-order valence-electron chi connectivity index (χ1n) is 12.8. The number of benzene rings is 4. The van der Waals surface area contributed by atoms with Crippen molar-refractivity contribution in [1.29, 1.82) is 0 Å². The molecule has 5 nitrogen and oxygen atoms in total. The zero-order chi connectivity index (χ0) is 30.1. The zero-order valence-corrected chi connectivity index (χ0v) is 24.6. The lowest BCUT2D eigenvalue weighted by molar-refractivity contribution is -0.145. The van der Waals surface area contributed by atoms with Crippen LogP contribution in [0.4, 0.5) is 13.2 Å². The van der Waals surface area contributed by atoms with Gasteiger partial charge in [0.25, 0.3) is 0 Å². The molecule has 0 amide bonds. The second kappa shape index (κ2) is 11.4. The Hall–Kier alpha value is -3.94. The summed E-state index contributed by atoms with van der Waals surface area (Å²) in [5, 5.41) is 0.681. The summed E-state index contributed by atoms with van der Waals surface area (Å²) < 4.78 is 72.0. The first kappa shape index (κ1) is 29.5. The maximum absolute atomic E-state index is 15.5. The van der Waals surface area contributed by atoms with Crippen LogP contribution in [-0.2, 0) is 25.9 Å². The van der Waals surface area contributed by atoms with Crippen molar-refractivity contribution in [3.8, 4) is 11.5 Å². The van der Waals surface area contributed by atoms with Crippen LogP contribution in [0.25, 0.3) is 0 Å². The lowest BCUT2D eigenvalue weighted by Gasteiger charge is -2.27. The molecule has 1 aliphatic heterocycles. The topological polar surface area (TPSA) is 61.8 Å². The van der Waals surface area contributed by atoms with Crippen molar-refractivity contribution in [2.24, 2.45) is 0 Å². The lowest BCUT2D eigenvalue weighted by atomic mass is 9.96. The first-order valence-corrected chi connectivity index (χ1v) is 15.3. The van der Waals surface area contributed by atoms with Crippen molar-refractivity contribution >= 4 is 35.5 Å². The Bertz CT molecular complexity index is 1620. The van der Waals surface area contributed by atoms with E-state index in [-0.39, 0.29) is 5.31 Å². The normalized spacial score (nSPS) is 17.2. The number of hydrogen-bond donors (Lipinski definition) is 0. The van der Waals surface area contributed by atoms with Gasteiger partial charge in [-0.05, 0) is 79.7 Å².